The van der Waals surface area contributed by atoms with Crippen molar-refractivity contribution in [3.8, 4) is 0 Å². The standard InChI is InChI=1S/C18H24N4Se/c1-12(16-4-2-3-5-19-16)21-22-17(23)20-18-9-13-6-14(10-18)8-15(7-13)11-18/h2-5,13-15H,6-11H2,1H3,(H2,20,22,23). The third kappa shape index (κ3) is 3.22. The molecule has 4 bridgehead atoms. The van der Waals surface area contributed by atoms with Gasteiger partial charge in [-0.1, -0.05) is 0 Å². The third-order valence-corrected chi connectivity index (χ3v) is 6.18. The number of rotatable bonds is 5. The van der Waals surface area contributed by atoms with E-state index in [0.29, 0.717) is 5.54 Å². The topological polar surface area (TPSA) is 49.3 Å². The van der Waals surface area contributed by atoms with Crippen LogP contribution in [0.4, 0.5) is 0 Å². The summed E-state index contributed by atoms with van der Waals surface area (Å²) in [6, 6.07) is 5.88. The van der Waals surface area contributed by atoms with E-state index in [-0.39, 0.29) is 0 Å². The van der Waals surface area contributed by atoms with Crippen LogP contribution in [-0.2, 0) is 0 Å². The van der Waals surface area contributed by atoms with Crippen LogP contribution in [0.3, 0.4) is 0 Å². The van der Waals surface area contributed by atoms with Gasteiger partial charge in [0.15, 0.2) is 0 Å². The van der Waals surface area contributed by atoms with Crippen molar-refractivity contribution in [2.75, 3.05) is 0 Å². The van der Waals surface area contributed by atoms with Crippen molar-refractivity contribution >= 4 is 26.0 Å². The van der Waals surface area contributed by atoms with E-state index in [2.05, 4.69) is 36.4 Å². The van der Waals surface area contributed by atoms with Crippen LogP contribution in [0, 0.1) is 17.8 Å². The Morgan fingerprint density at radius 3 is 2.39 bits per heavy atom. The molecule has 1 aromatic heterocycles. The molecule has 0 amide bonds. The number of nitrogens with one attached hydrogen (secondary N) is 2. The molecule has 0 aliphatic heterocycles. The SMILES string of the molecule is CC(=NNC(=[Se])NC12CC3CC(CC(C3)C1)C2)c1ccccn1. The molecule has 4 aliphatic rings. The summed E-state index contributed by atoms with van der Waals surface area (Å²) < 4.78 is 0.947. The third-order valence-electron chi connectivity index (χ3n) is 5.78. The van der Waals surface area contributed by atoms with Crippen molar-refractivity contribution in [2.45, 2.75) is 51.0 Å². The normalized spacial score (nSPS) is 35.2. The molecule has 0 atom stereocenters. The van der Waals surface area contributed by atoms with E-state index >= 15 is 0 Å². The molecule has 0 spiro atoms. The molecule has 5 rings (SSSR count). The van der Waals surface area contributed by atoms with Crippen molar-refractivity contribution < 1.29 is 0 Å². The molecule has 0 unspecified atom stereocenters. The molecule has 122 valence electrons. The van der Waals surface area contributed by atoms with Gasteiger partial charge in [-0.25, -0.2) is 0 Å². The Morgan fingerprint density at radius 1 is 1.17 bits per heavy atom. The second kappa shape index (κ2) is 6.03. The first-order valence-electron chi connectivity index (χ1n) is 8.66. The summed E-state index contributed by atoms with van der Waals surface area (Å²) in [6.45, 7) is 1.98. The monoisotopic (exact) mass is 376 g/mol. The van der Waals surface area contributed by atoms with E-state index in [4.69, 9.17) is 0 Å². The Hall–Kier alpha value is -1.19. The van der Waals surface area contributed by atoms with Crippen LogP contribution in [0.2, 0.25) is 0 Å². The molecule has 0 radical (unpaired) electrons. The average Bonchev–Trinajstić information content (AvgIpc) is 2.51. The fourth-order valence-electron chi connectivity index (χ4n) is 5.30. The van der Waals surface area contributed by atoms with Crippen LogP contribution in [0.15, 0.2) is 29.5 Å². The minimum absolute atomic E-state index is 0.302. The second-order valence-electron chi connectivity index (χ2n) is 7.68. The zero-order valence-corrected chi connectivity index (χ0v) is 15.3. The van der Waals surface area contributed by atoms with Crippen molar-refractivity contribution in [1.82, 2.24) is 15.7 Å². The molecule has 5 heteroatoms. The molecular formula is C18H24N4Se. The van der Waals surface area contributed by atoms with Gasteiger partial charge in [0.2, 0.25) is 0 Å². The molecule has 1 heterocycles. The summed E-state index contributed by atoms with van der Waals surface area (Å²) in [5.41, 5.74) is 5.26. The van der Waals surface area contributed by atoms with Gasteiger partial charge in [-0.2, -0.15) is 0 Å². The van der Waals surface area contributed by atoms with Gasteiger partial charge in [0.25, 0.3) is 0 Å². The Bertz CT molecular complexity index is 590. The molecule has 4 aliphatic carbocycles. The molecule has 0 saturated heterocycles. The fraction of sp³-hybridized carbons (Fsp3) is 0.611. The predicted molar refractivity (Wildman–Crippen MR) is 94.4 cm³/mol. The van der Waals surface area contributed by atoms with E-state index in [1.165, 1.54) is 38.5 Å². The van der Waals surface area contributed by atoms with E-state index in [0.717, 1.165) is 33.8 Å². The Morgan fingerprint density at radius 2 is 1.83 bits per heavy atom. The molecule has 4 fully saturated rings. The predicted octanol–water partition coefficient (Wildman–Crippen LogP) is 2.21. The van der Waals surface area contributed by atoms with Gasteiger partial charge in [0.05, 0.1) is 0 Å². The Balaban J connectivity index is 1.39. The number of pyridine rings is 1. The molecule has 4 saturated carbocycles. The molecule has 4 nitrogen and oxygen atoms in total. The zero-order valence-electron chi connectivity index (χ0n) is 13.6. The van der Waals surface area contributed by atoms with E-state index in [1.807, 2.05) is 25.1 Å². The molecule has 1 aromatic rings. The number of aromatic nitrogens is 1. The summed E-state index contributed by atoms with van der Waals surface area (Å²) >= 11 is 3.13. The van der Waals surface area contributed by atoms with E-state index in [9.17, 15) is 0 Å². The van der Waals surface area contributed by atoms with Crippen LogP contribution in [0.5, 0.6) is 0 Å². The van der Waals surface area contributed by atoms with E-state index < -0.39 is 0 Å². The van der Waals surface area contributed by atoms with Gasteiger partial charge in [-0.3, -0.25) is 0 Å². The van der Waals surface area contributed by atoms with Gasteiger partial charge >= 0.3 is 146 Å². The maximum absolute atomic E-state index is 4.47. The Kier molecular flexibility index (Phi) is 4.02. The number of hydrazone groups is 1. The van der Waals surface area contributed by atoms with Gasteiger partial charge < -0.3 is 0 Å². The summed E-state index contributed by atoms with van der Waals surface area (Å²) in [5.74, 6) is 2.83. The average molecular weight is 375 g/mol. The zero-order chi connectivity index (χ0) is 15.9. The molecule has 0 aromatic carbocycles. The van der Waals surface area contributed by atoms with Gasteiger partial charge in [0.1, 0.15) is 0 Å². The molecule has 2 N–H and O–H groups in total. The van der Waals surface area contributed by atoms with Crippen LogP contribution < -0.4 is 10.7 Å². The van der Waals surface area contributed by atoms with Crippen LogP contribution in [0.1, 0.15) is 51.1 Å². The Labute approximate surface area is 145 Å². The second-order valence-corrected chi connectivity index (χ2v) is 8.53. The maximum atomic E-state index is 4.47. The van der Waals surface area contributed by atoms with Gasteiger partial charge in [-0.05, 0) is 0 Å². The number of hydrogen-bond acceptors (Lipinski definition) is 4. The van der Waals surface area contributed by atoms with Crippen LogP contribution in [-0.4, -0.2) is 36.5 Å². The molecule has 23 heavy (non-hydrogen) atoms. The first-order chi connectivity index (χ1) is 11.1. The quantitative estimate of drug-likeness (QED) is 0.471. The number of hydrogen-bond donors (Lipinski definition) is 2. The fourth-order valence-corrected chi connectivity index (χ4v) is 5.85. The van der Waals surface area contributed by atoms with Crippen LogP contribution in [0.25, 0.3) is 0 Å². The first kappa shape index (κ1) is 15.3. The van der Waals surface area contributed by atoms with E-state index in [1.54, 1.807) is 6.20 Å². The van der Waals surface area contributed by atoms with Crippen molar-refractivity contribution in [2.24, 2.45) is 22.9 Å². The summed E-state index contributed by atoms with van der Waals surface area (Å²) in [6.07, 6.45) is 10.2. The van der Waals surface area contributed by atoms with Gasteiger partial charge in [0, 0.05) is 0 Å². The van der Waals surface area contributed by atoms with Crippen LogP contribution >= 0.6 is 0 Å². The first-order valence-corrected chi connectivity index (χ1v) is 9.51. The molecular weight excluding hydrogens is 351 g/mol. The minimum atomic E-state index is 0.302. The summed E-state index contributed by atoms with van der Waals surface area (Å²) in [4.78, 5) is 4.33. The summed E-state index contributed by atoms with van der Waals surface area (Å²) in [5, 5.41) is 8.22. The van der Waals surface area contributed by atoms with Crippen molar-refractivity contribution in [1.29, 1.82) is 0 Å². The van der Waals surface area contributed by atoms with Gasteiger partial charge in [-0.15, -0.1) is 0 Å². The van der Waals surface area contributed by atoms with Crippen molar-refractivity contribution in [3.05, 3.63) is 30.1 Å². The number of nitrogens with zero attached hydrogens (tertiary/aromatic N) is 2. The summed E-state index contributed by atoms with van der Waals surface area (Å²) in [7, 11) is 0. The van der Waals surface area contributed by atoms with Crippen molar-refractivity contribution in [3.63, 3.8) is 0 Å².